The first-order valence-electron chi connectivity index (χ1n) is 10.3. The van der Waals surface area contributed by atoms with E-state index in [1.807, 2.05) is 6.92 Å². The van der Waals surface area contributed by atoms with Crippen molar-refractivity contribution < 1.29 is 27.6 Å². The van der Waals surface area contributed by atoms with E-state index in [4.69, 9.17) is 10.6 Å². The Labute approximate surface area is 176 Å². The molecule has 0 bridgehead atoms. The van der Waals surface area contributed by atoms with Crippen LogP contribution < -0.4 is 16.1 Å². The predicted octanol–water partition coefficient (Wildman–Crippen LogP) is 1.41. The van der Waals surface area contributed by atoms with Crippen LogP contribution in [0.1, 0.15) is 13.3 Å². The quantitative estimate of drug-likeness (QED) is 0.682. The zero-order chi connectivity index (χ0) is 22.0. The van der Waals surface area contributed by atoms with Crippen LogP contribution in [0.5, 0.6) is 0 Å². The number of rotatable bonds is 2. The highest BCUT2D eigenvalue weighted by Crippen LogP contribution is 2.47. The largest absolute Gasteiger partial charge is 0.326 e. The lowest BCUT2D eigenvalue weighted by molar-refractivity contribution is -0.135. The number of likely N-dealkylation sites (tertiary alicyclic amines) is 1. The van der Waals surface area contributed by atoms with E-state index in [9.17, 15) is 14.0 Å². The number of carbonyl (C=O) groups excluding carboxylic acids is 2. The van der Waals surface area contributed by atoms with Crippen LogP contribution in [-0.2, 0) is 14.4 Å². The minimum absolute atomic E-state index is 0.0265. The van der Waals surface area contributed by atoms with Crippen molar-refractivity contribution in [3.63, 3.8) is 0 Å². The number of piperidine rings is 1. The Morgan fingerprint density at radius 2 is 1.87 bits per heavy atom. The molecule has 7 unspecified atom stereocenters. The standard InChI is InChI=1S/C21H23F3N4O3/c1-9-7-27(8-14(9)25)18-13(23)6-12-17(16(18)24)28(11-4-2-10(22)3-5-11)21-15(19(12)29)20(30)26-31-21/h2-5,9,12-15,18,21H,6-8,25H2,1H3,(H,26,30). The number of nitrogens with two attached hydrogens (primary N) is 1. The van der Waals surface area contributed by atoms with Gasteiger partial charge >= 0.3 is 0 Å². The number of alkyl halides is 1. The van der Waals surface area contributed by atoms with Crippen LogP contribution in [0.3, 0.4) is 0 Å². The van der Waals surface area contributed by atoms with Gasteiger partial charge in [-0.3, -0.25) is 14.5 Å². The summed E-state index contributed by atoms with van der Waals surface area (Å²) < 4.78 is 44.8. The Morgan fingerprint density at radius 3 is 2.52 bits per heavy atom. The summed E-state index contributed by atoms with van der Waals surface area (Å²) in [4.78, 5) is 33.7. The Balaban J connectivity index is 1.63. The third-order valence-electron chi connectivity index (χ3n) is 6.85. The normalized spacial score (nSPS) is 38.4. The van der Waals surface area contributed by atoms with Crippen LogP contribution in [0.25, 0.3) is 0 Å². The number of Topliss-reactive ketones (excluding diaryl/α,β-unsaturated/α-hetero) is 1. The van der Waals surface area contributed by atoms with Crippen molar-refractivity contribution in [1.82, 2.24) is 10.4 Å². The van der Waals surface area contributed by atoms with Gasteiger partial charge in [-0.15, -0.1) is 0 Å². The molecule has 7 nitrogen and oxygen atoms in total. The molecule has 1 amide bonds. The average molecular weight is 436 g/mol. The number of anilines is 1. The van der Waals surface area contributed by atoms with Crippen LogP contribution in [0.4, 0.5) is 18.9 Å². The topological polar surface area (TPSA) is 87.9 Å². The fraction of sp³-hybridized carbons (Fsp3) is 0.524. The van der Waals surface area contributed by atoms with Gasteiger partial charge < -0.3 is 10.6 Å². The van der Waals surface area contributed by atoms with Gasteiger partial charge in [-0.2, -0.15) is 0 Å². The number of nitrogens with one attached hydrogen (secondary N) is 1. The van der Waals surface area contributed by atoms with Crippen LogP contribution in [0.2, 0.25) is 0 Å². The number of nitrogens with zero attached hydrogens (tertiary/aromatic N) is 2. The molecule has 10 heteroatoms. The summed E-state index contributed by atoms with van der Waals surface area (Å²) in [5.41, 5.74) is 8.56. The van der Waals surface area contributed by atoms with E-state index in [1.54, 1.807) is 4.90 Å². The molecule has 0 aromatic heterocycles. The van der Waals surface area contributed by atoms with Gasteiger partial charge in [-0.05, 0) is 36.6 Å². The summed E-state index contributed by atoms with van der Waals surface area (Å²) in [7, 11) is 0. The number of hydrogen-bond acceptors (Lipinski definition) is 6. The zero-order valence-electron chi connectivity index (χ0n) is 16.8. The van der Waals surface area contributed by atoms with Gasteiger partial charge in [-0.25, -0.2) is 23.5 Å². The van der Waals surface area contributed by atoms with Crippen molar-refractivity contribution in [1.29, 1.82) is 0 Å². The highest BCUT2D eigenvalue weighted by Gasteiger charge is 2.58. The highest BCUT2D eigenvalue weighted by molar-refractivity contribution is 6.07. The van der Waals surface area contributed by atoms with Gasteiger partial charge in [-0.1, -0.05) is 6.92 Å². The SMILES string of the molecule is CC1CN(C2C(F)=C3C(CC2F)C(=O)C2C(=O)NOC2N3c2ccc(F)cc2)CC1N. The highest BCUT2D eigenvalue weighted by atomic mass is 19.1. The van der Waals surface area contributed by atoms with E-state index < -0.39 is 53.6 Å². The van der Waals surface area contributed by atoms with Crippen molar-refractivity contribution in [3.05, 3.63) is 41.6 Å². The maximum atomic E-state index is 16.0. The van der Waals surface area contributed by atoms with Crippen LogP contribution in [-0.4, -0.2) is 54.2 Å². The van der Waals surface area contributed by atoms with Crippen molar-refractivity contribution in [2.24, 2.45) is 23.5 Å². The molecule has 7 atom stereocenters. The number of ketones is 1. The minimum Gasteiger partial charge on any atom is -0.326 e. The molecule has 31 heavy (non-hydrogen) atoms. The number of benzene rings is 1. The van der Waals surface area contributed by atoms with Crippen LogP contribution in [0, 0.1) is 23.6 Å². The molecule has 3 N–H and O–H groups in total. The van der Waals surface area contributed by atoms with Crippen molar-refractivity contribution in [2.75, 3.05) is 18.0 Å². The van der Waals surface area contributed by atoms with Crippen LogP contribution in [0.15, 0.2) is 35.8 Å². The average Bonchev–Trinajstić information content (AvgIpc) is 3.26. The van der Waals surface area contributed by atoms with Gasteiger partial charge in [0.2, 0.25) is 0 Å². The Hall–Kier alpha value is -2.43. The predicted molar refractivity (Wildman–Crippen MR) is 104 cm³/mol. The number of hydroxylamine groups is 1. The van der Waals surface area contributed by atoms with Gasteiger partial charge in [0.1, 0.15) is 23.7 Å². The van der Waals surface area contributed by atoms with E-state index >= 15 is 8.78 Å². The minimum atomic E-state index is -1.63. The maximum absolute atomic E-state index is 16.0. The molecule has 3 saturated heterocycles. The van der Waals surface area contributed by atoms with Crippen molar-refractivity contribution in [3.8, 4) is 0 Å². The number of halogens is 3. The van der Waals surface area contributed by atoms with E-state index in [0.29, 0.717) is 18.8 Å². The molecule has 5 rings (SSSR count). The first kappa shape index (κ1) is 20.5. The van der Waals surface area contributed by atoms with E-state index in [0.717, 1.165) is 0 Å². The van der Waals surface area contributed by atoms with Gasteiger partial charge in [0.15, 0.2) is 12.0 Å². The lowest BCUT2D eigenvalue weighted by atomic mass is 9.75. The molecule has 4 aliphatic rings. The van der Waals surface area contributed by atoms with Gasteiger partial charge in [0.05, 0.1) is 17.7 Å². The molecule has 0 saturated carbocycles. The monoisotopic (exact) mass is 436 g/mol. The van der Waals surface area contributed by atoms with Gasteiger partial charge in [0.25, 0.3) is 5.91 Å². The third kappa shape index (κ3) is 3.07. The van der Waals surface area contributed by atoms with E-state index in [-0.39, 0.29) is 24.1 Å². The second kappa shape index (κ2) is 7.32. The lowest BCUT2D eigenvalue weighted by Crippen LogP contribution is -2.57. The summed E-state index contributed by atoms with van der Waals surface area (Å²) in [5.74, 6) is -4.78. The molecule has 3 fully saturated rings. The van der Waals surface area contributed by atoms with Gasteiger partial charge in [0, 0.05) is 24.8 Å². The molecule has 0 spiro atoms. The summed E-state index contributed by atoms with van der Waals surface area (Å²) >= 11 is 0. The second-order valence-electron chi connectivity index (χ2n) is 8.78. The smallest absolute Gasteiger partial charge is 0.258 e. The number of carbonyl (C=O) groups is 2. The lowest BCUT2D eigenvalue weighted by Gasteiger charge is -2.46. The maximum Gasteiger partial charge on any atom is 0.258 e. The molecule has 1 aliphatic carbocycles. The molecule has 166 valence electrons. The molecule has 0 radical (unpaired) electrons. The number of amides is 1. The summed E-state index contributed by atoms with van der Waals surface area (Å²) in [5, 5.41) is 0. The summed E-state index contributed by atoms with van der Waals surface area (Å²) in [6, 6.07) is 3.83. The second-order valence-corrected chi connectivity index (χ2v) is 8.78. The fourth-order valence-electron chi connectivity index (χ4n) is 5.22. The fourth-order valence-corrected chi connectivity index (χ4v) is 5.22. The first-order valence-corrected chi connectivity index (χ1v) is 10.3. The summed E-state index contributed by atoms with van der Waals surface area (Å²) in [6.45, 7) is 2.70. The Kier molecular flexibility index (Phi) is 4.83. The molecule has 3 heterocycles. The Bertz CT molecular complexity index is 946. The zero-order valence-corrected chi connectivity index (χ0v) is 16.8. The van der Waals surface area contributed by atoms with Crippen molar-refractivity contribution in [2.45, 2.75) is 37.8 Å². The molecular formula is C21H23F3N4O3. The van der Waals surface area contributed by atoms with Crippen molar-refractivity contribution >= 4 is 17.4 Å². The molecule has 3 aliphatic heterocycles. The number of allylic oxidation sites excluding steroid dienone is 1. The molecular weight excluding hydrogens is 413 g/mol. The number of fused-ring (bicyclic) bond motifs is 2. The molecule has 1 aromatic carbocycles. The van der Waals surface area contributed by atoms with Crippen LogP contribution >= 0.6 is 0 Å². The first-order chi connectivity index (χ1) is 14.8. The van der Waals surface area contributed by atoms with E-state index in [1.165, 1.54) is 29.2 Å². The van der Waals surface area contributed by atoms with E-state index in [2.05, 4.69) is 5.48 Å². The number of hydrogen-bond donors (Lipinski definition) is 2. The summed E-state index contributed by atoms with van der Waals surface area (Å²) in [6.07, 6.45) is -3.02. The molecule has 1 aromatic rings. The third-order valence-corrected chi connectivity index (χ3v) is 6.85. The Morgan fingerprint density at radius 1 is 1.16 bits per heavy atom.